The molecule has 1 heterocycles. The summed E-state index contributed by atoms with van der Waals surface area (Å²) in [6, 6.07) is 0. The molecule has 0 radical (unpaired) electrons. The number of halogens is 1. The van der Waals surface area contributed by atoms with Crippen LogP contribution in [0.4, 0.5) is 4.39 Å². The zero-order chi connectivity index (χ0) is 14.3. The summed E-state index contributed by atoms with van der Waals surface area (Å²) >= 11 is 0. The van der Waals surface area contributed by atoms with Crippen molar-refractivity contribution in [2.75, 3.05) is 32.7 Å². The van der Waals surface area contributed by atoms with E-state index in [9.17, 15) is 9.18 Å². The molecule has 19 heavy (non-hydrogen) atoms. The van der Waals surface area contributed by atoms with Crippen LogP contribution in [0.2, 0.25) is 0 Å². The second-order valence-electron chi connectivity index (χ2n) is 4.66. The first-order valence-corrected chi connectivity index (χ1v) is 6.72. The minimum absolute atomic E-state index is 0.159. The molecule has 1 aliphatic heterocycles. The second-order valence-corrected chi connectivity index (χ2v) is 4.66. The molecule has 1 saturated heterocycles. The van der Waals surface area contributed by atoms with Crippen LogP contribution in [0.1, 0.15) is 20.3 Å². The molecule has 0 aromatic heterocycles. The number of hydrogen-bond acceptors (Lipinski definition) is 3. The number of likely N-dealkylation sites (N-methyl/N-ethyl adjacent to an activating group) is 1. The quantitative estimate of drug-likeness (QED) is 0.714. The molecule has 0 aliphatic carbocycles. The third-order valence-electron chi connectivity index (χ3n) is 3.24. The minimum atomic E-state index is -0.159. The lowest BCUT2D eigenvalue weighted by atomic mass is 10.2. The van der Waals surface area contributed by atoms with E-state index >= 15 is 0 Å². The first-order valence-electron chi connectivity index (χ1n) is 6.72. The van der Waals surface area contributed by atoms with Crippen LogP contribution in [0.15, 0.2) is 36.3 Å². The van der Waals surface area contributed by atoms with Crippen LogP contribution in [-0.2, 0) is 4.79 Å². The predicted molar refractivity (Wildman–Crippen MR) is 76.5 cm³/mol. The van der Waals surface area contributed by atoms with Gasteiger partial charge in [0.05, 0.1) is 18.9 Å². The predicted octanol–water partition coefficient (Wildman–Crippen LogP) is 2.53. The maximum atomic E-state index is 13.0. The summed E-state index contributed by atoms with van der Waals surface area (Å²) in [7, 11) is 0. The zero-order valence-corrected chi connectivity index (χ0v) is 11.9. The highest BCUT2D eigenvalue weighted by Crippen LogP contribution is 2.10. The first kappa shape index (κ1) is 15.6. The lowest BCUT2D eigenvalue weighted by molar-refractivity contribution is -0.119. The lowest BCUT2D eigenvalue weighted by Crippen LogP contribution is -2.29. The Kier molecular flexibility index (Phi) is 6.50. The number of ketones is 1. The molecular weight excluding hydrogens is 243 g/mol. The molecule has 0 aromatic rings. The van der Waals surface area contributed by atoms with Crippen LogP contribution in [0, 0.1) is 0 Å². The average molecular weight is 266 g/mol. The van der Waals surface area contributed by atoms with Crippen LogP contribution in [-0.4, -0.2) is 48.3 Å². The molecule has 3 nitrogen and oxygen atoms in total. The van der Waals surface area contributed by atoms with Crippen molar-refractivity contribution in [1.82, 2.24) is 9.80 Å². The maximum absolute atomic E-state index is 13.0. The topological polar surface area (TPSA) is 23.6 Å². The highest BCUT2D eigenvalue weighted by atomic mass is 19.1. The minimum Gasteiger partial charge on any atom is -0.363 e. The van der Waals surface area contributed by atoms with Crippen molar-refractivity contribution in [3.05, 3.63) is 36.3 Å². The van der Waals surface area contributed by atoms with Gasteiger partial charge in [-0.2, -0.15) is 0 Å². The fourth-order valence-electron chi connectivity index (χ4n) is 1.98. The van der Waals surface area contributed by atoms with Gasteiger partial charge in [0, 0.05) is 25.2 Å². The van der Waals surface area contributed by atoms with Crippen molar-refractivity contribution in [2.45, 2.75) is 20.3 Å². The molecule has 0 amide bonds. The molecule has 106 valence electrons. The first-order chi connectivity index (χ1) is 9.06. The van der Waals surface area contributed by atoms with Crippen molar-refractivity contribution in [2.24, 2.45) is 0 Å². The maximum Gasteiger partial charge on any atom is 0.166 e. The monoisotopic (exact) mass is 266 g/mol. The Morgan fingerprint density at radius 1 is 1.42 bits per heavy atom. The molecule has 1 fully saturated rings. The number of rotatable bonds is 5. The number of carbonyl (C=O) groups is 1. The molecule has 1 rings (SSSR count). The number of nitrogens with zero attached hydrogens (tertiary/aromatic N) is 2. The fraction of sp³-hybridized carbons (Fsp3) is 0.533. The molecule has 0 aromatic carbocycles. The molecular formula is C15H23FN2O. The number of hydrogen-bond donors (Lipinski definition) is 0. The highest BCUT2D eigenvalue weighted by molar-refractivity contribution is 5.83. The van der Waals surface area contributed by atoms with E-state index in [-0.39, 0.29) is 18.0 Å². The fourth-order valence-corrected chi connectivity index (χ4v) is 1.98. The van der Waals surface area contributed by atoms with Crippen LogP contribution in [0.3, 0.4) is 0 Å². The Morgan fingerprint density at radius 3 is 2.79 bits per heavy atom. The van der Waals surface area contributed by atoms with Gasteiger partial charge in [-0.1, -0.05) is 25.7 Å². The third-order valence-corrected chi connectivity index (χ3v) is 3.24. The standard InChI is InChI=1S/C15H23FN2O/c1-4-14(16)8-6-7-13(3)18-10-9-17(5-2)11-15(19)12-18/h4,6-7H,3,5,8-12H2,1-2H3/b7-6-,14-4+. The van der Waals surface area contributed by atoms with Crippen LogP contribution < -0.4 is 0 Å². The van der Waals surface area contributed by atoms with Gasteiger partial charge in [-0.05, 0) is 19.5 Å². The van der Waals surface area contributed by atoms with Gasteiger partial charge in [0.25, 0.3) is 0 Å². The number of allylic oxidation sites excluding steroid dienone is 4. The average Bonchev–Trinajstić information content (AvgIpc) is 2.59. The Bertz CT molecular complexity index is 388. The highest BCUT2D eigenvalue weighted by Gasteiger charge is 2.19. The van der Waals surface area contributed by atoms with Crippen LogP contribution >= 0.6 is 0 Å². The van der Waals surface area contributed by atoms with Gasteiger partial charge in [-0.3, -0.25) is 9.69 Å². The largest absolute Gasteiger partial charge is 0.363 e. The van der Waals surface area contributed by atoms with Gasteiger partial charge in [0.1, 0.15) is 0 Å². The molecule has 4 heteroatoms. The van der Waals surface area contributed by atoms with E-state index in [0.29, 0.717) is 13.1 Å². The SMILES string of the molecule is C=C(/C=C\C/C(F)=C\C)N1CCN(CC)CC(=O)C1. The third kappa shape index (κ3) is 5.39. The Balaban J connectivity index is 2.54. The molecule has 0 N–H and O–H groups in total. The van der Waals surface area contributed by atoms with Crippen molar-refractivity contribution in [1.29, 1.82) is 0 Å². The van der Waals surface area contributed by atoms with Crippen molar-refractivity contribution in [3.63, 3.8) is 0 Å². The van der Waals surface area contributed by atoms with Gasteiger partial charge < -0.3 is 4.90 Å². The molecule has 0 atom stereocenters. The number of Topliss-reactive ketones (excluding diaryl/α,β-unsaturated/α-hetero) is 1. The molecule has 0 saturated carbocycles. The summed E-state index contributed by atoms with van der Waals surface area (Å²) in [6.07, 6.45) is 5.25. The lowest BCUT2D eigenvalue weighted by Gasteiger charge is -2.22. The van der Waals surface area contributed by atoms with Gasteiger partial charge in [-0.15, -0.1) is 0 Å². The Hall–Kier alpha value is -1.42. The van der Waals surface area contributed by atoms with E-state index in [2.05, 4.69) is 18.4 Å². The summed E-state index contributed by atoms with van der Waals surface area (Å²) in [5.74, 6) is 0.0432. The molecule has 0 unspecified atom stereocenters. The van der Waals surface area contributed by atoms with Crippen LogP contribution in [0.25, 0.3) is 0 Å². The second kappa shape index (κ2) is 7.89. The summed E-state index contributed by atoms with van der Waals surface area (Å²) in [5.41, 5.74) is 0.773. The van der Waals surface area contributed by atoms with E-state index < -0.39 is 0 Å². The number of carbonyl (C=O) groups excluding carboxylic acids is 1. The van der Waals surface area contributed by atoms with Crippen molar-refractivity contribution in [3.8, 4) is 0 Å². The van der Waals surface area contributed by atoms with Gasteiger partial charge in [-0.25, -0.2) is 4.39 Å². The van der Waals surface area contributed by atoms with Gasteiger partial charge in [0.2, 0.25) is 0 Å². The zero-order valence-electron chi connectivity index (χ0n) is 11.9. The van der Waals surface area contributed by atoms with Crippen molar-refractivity contribution >= 4 is 5.78 Å². The van der Waals surface area contributed by atoms with E-state index in [4.69, 9.17) is 0 Å². The smallest absolute Gasteiger partial charge is 0.166 e. The van der Waals surface area contributed by atoms with E-state index in [1.54, 1.807) is 19.1 Å². The molecule has 0 bridgehead atoms. The van der Waals surface area contributed by atoms with Gasteiger partial charge in [0.15, 0.2) is 5.78 Å². The van der Waals surface area contributed by atoms with Gasteiger partial charge >= 0.3 is 0 Å². The molecule has 0 spiro atoms. The summed E-state index contributed by atoms with van der Waals surface area (Å²) < 4.78 is 13.0. The summed E-state index contributed by atoms with van der Waals surface area (Å²) in [6.45, 7) is 11.1. The summed E-state index contributed by atoms with van der Waals surface area (Å²) in [5, 5.41) is 0. The van der Waals surface area contributed by atoms with Crippen LogP contribution in [0.5, 0.6) is 0 Å². The Labute approximate surface area is 115 Å². The van der Waals surface area contributed by atoms with E-state index in [1.165, 1.54) is 6.08 Å². The summed E-state index contributed by atoms with van der Waals surface area (Å²) in [4.78, 5) is 15.9. The normalized spacial score (nSPS) is 19.0. The Morgan fingerprint density at radius 2 is 2.16 bits per heavy atom. The van der Waals surface area contributed by atoms with E-state index in [1.807, 2.05) is 4.90 Å². The molecule has 1 aliphatic rings. The van der Waals surface area contributed by atoms with Crippen molar-refractivity contribution < 1.29 is 9.18 Å². The van der Waals surface area contributed by atoms with E-state index in [0.717, 1.165) is 25.3 Å².